The lowest BCUT2D eigenvalue weighted by Crippen LogP contribution is -1.92. The lowest BCUT2D eigenvalue weighted by atomic mass is 9.96. The molecule has 0 spiro atoms. The van der Waals surface area contributed by atoms with Gasteiger partial charge in [-0.1, -0.05) is 109 Å². The normalized spacial score (nSPS) is 11.9. The Bertz CT molecular complexity index is 2400. The summed E-state index contributed by atoms with van der Waals surface area (Å²) in [6.07, 6.45) is 0. The SMILES string of the molecule is c1ccc(-n2c3ccccc3c3sc4c(-c5ccc(-c6cccc7sc8ccccc8c67)cc5)cccc4c32)cc1. The zero-order valence-electron chi connectivity index (χ0n) is 22.0. The standard InChI is InChI=1S/C38H23NS2/c1-2-10-26(11-3-1)39-32-17-6-4-12-29(32)38-36(39)31-16-8-15-28(37(31)41-38)25-22-20-24(21-23-25)27-14-9-19-34-35(27)30-13-5-7-18-33(30)40-34/h1-23H. The zero-order valence-corrected chi connectivity index (χ0v) is 23.7. The minimum absolute atomic E-state index is 1.20. The molecule has 192 valence electrons. The number of nitrogens with zero attached hydrogens (tertiary/aromatic N) is 1. The van der Waals surface area contributed by atoms with E-state index >= 15 is 0 Å². The average Bonchev–Trinajstić information content (AvgIpc) is 3.70. The van der Waals surface area contributed by atoms with Crippen molar-refractivity contribution in [2.75, 3.05) is 0 Å². The van der Waals surface area contributed by atoms with Gasteiger partial charge in [-0.3, -0.25) is 0 Å². The van der Waals surface area contributed by atoms with Crippen LogP contribution in [0.25, 0.3) is 79.3 Å². The van der Waals surface area contributed by atoms with E-state index in [-0.39, 0.29) is 0 Å². The Morgan fingerprint density at radius 1 is 0.415 bits per heavy atom. The number of benzene rings is 6. The second kappa shape index (κ2) is 8.90. The van der Waals surface area contributed by atoms with Crippen LogP contribution in [-0.4, -0.2) is 4.57 Å². The van der Waals surface area contributed by atoms with Gasteiger partial charge in [0.1, 0.15) is 0 Å². The van der Waals surface area contributed by atoms with E-state index in [4.69, 9.17) is 0 Å². The number of rotatable bonds is 3. The lowest BCUT2D eigenvalue weighted by Gasteiger charge is -2.09. The Morgan fingerprint density at radius 2 is 1.05 bits per heavy atom. The molecule has 9 rings (SSSR count). The fraction of sp³-hybridized carbons (Fsp3) is 0. The van der Waals surface area contributed by atoms with E-state index in [2.05, 4.69) is 144 Å². The van der Waals surface area contributed by atoms with Gasteiger partial charge in [0.25, 0.3) is 0 Å². The summed E-state index contributed by atoms with van der Waals surface area (Å²) in [6, 6.07) is 50.9. The maximum Gasteiger partial charge on any atom is 0.0727 e. The van der Waals surface area contributed by atoms with E-state index in [9.17, 15) is 0 Å². The molecule has 0 radical (unpaired) electrons. The zero-order chi connectivity index (χ0) is 26.9. The monoisotopic (exact) mass is 557 g/mol. The minimum Gasteiger partial charge on any atom is -0.308 e. The van der Waals surface area contributed by atoms with Crippen molar-refractivity contribution in [2.45, 2.75) is 0 Å². The highest BCUT2D eigenvalue weighted by molar-refractivity contribution is 7.27. The Morgan fingerprint density at radius 3 is 1.90 bits per heavy atom. The van der Waals surface area contributed by atoms with Gasteiger partial charge in [-0.15, -0.1) is 22.7 Å². The van der Waals surface area contributed by atoms with Crippen LogP contribution in [0.4, 0.5) is 0 Å². The first-order valence-corrected chi connectivity index (χ1v) is 15.5. The van der Waals surface area contributed by atoms with Crippen LogP contribution < -0.4 is 0 Å². The van der Waals surface area contributed by atoms with Crippen molar-refractivity contribution in [1.82, 2.24) is 4.57 Å². The highest BCUT2D eigenvalue weighted by Gasteiger charge is 2.19. The Kier molecular flexibility index (Phi) is 5.00. The quantitative estimate of drug-likeness (QED) is 0.204. The topological polar surface area (TPSA) is 4.93 Å². The van der Waals surface area contributed by atoms with Crippen molar-refractivity contribution >= 4 is 74.1 Å². The van der Waals surface area contributed by atoms with Crippen LogP contribution in [0.15, 0.2) is 140 Å². The molecule has 3 aromatic heterocycles. The van der Waals surface area contributed by atoms with Crippen molar-refractivity contribution in [3.63, 3.8) is 0 Å². The van der Waals surface area contributed by atoms with Crippen molar-refractivity contribution in [2.24, 2.45) is 0 Å². The summed E-state index contributed by atoms with van der Waals surface area (Å²) in [4.78, 5) is 0. The maximum absolute atomic E-state index is 2.43. The van der Waals surface area contributed by atoms with Crippen LogP contribution in [0, 0.1) is 0 Å². The molecule has 41 heavy (non-hydrogen) atoms. The molecule has 0 fully saturated rings. The van der Waals surface area contributed by atoms with Crippen LogP contribution in [0.5, 0.6) is 0 Å². The molecule has 9 aromatic rings. The molecule has 0 aliphatic rings. The highest BCUT2D eigenvalue weighted by atomic mass is 32.1. The molecule has 3 heterocycles. The molecular weight excluding hydrogens is 535 g/mol. The predicted octanol–water partition coefficient (Wildman–Crippen LogP) is 11.7. The predicted molar refractivity (Wildman–Crippen MR) is 180 cm³/mol. The van der Waals surface area contributed by atoms with Gasteiger partial charge in [0, 0.05) is 41.3 Å². The van der Waals surface area contributed by atoms with E-state index in [1.807, 2.05) is 22.7 Å². The van der Waals surface area contributed by atoms with Gasteiger partial charge in [-0.25, -0.2) is 0 Å². The van der Waals surface area contributed by atoms with E-state index in [1.54, 1.807) is 0 Å². The summed E-state index contributed by atoms with van der Waals surface area (Å²) in [5.41, 5.74) is 8.85. The molecule has 6 aromatic carbocycles. The van der Waals surface area contributed by atoms with E-state index in [1.165, 1.54) is 79.3 Å². The van der Waals surface area contributed by atoms with Crippen LogP contribution in [-0.2, 0) is 0 Å². The molecule has 1 nitrogen and oxygen atoms in total. The molecule has 0 saturated heterocycles. The molecule has 0 unspecified atom stereocenters. The van der Waals surface area contributed by atoms with E-state index in [0.29, 0.717) is 0 Å². The minimum atomic E-state index is 1.20. The lowest BCUT2D eigenvalue weighted by molar-refractivity contribution is 1.19. The molecule has 0 atom stereocenters. The number of para-hydroxylation sites is 2. The summed E-state index contributed by atoms with van der Waals surface area (Å²) < 4.78 is 7.80. The largest absolute Gasteiger partial charge is 0.308 e. The first-order valence-electron chi connectivity index (χ1n) is 13.9. The van der Waals surface area contributed by atoms with Crippen molar-refractivity contribution < 1.29 is 0 Å². The number of aromatic nitrogens is 1. The smallest absolute Gasteiger partial charge is 0.0727 e. The number of thiophene rings is 2. The summed E-state index contributed by atoms with van der Waals surface area (Å²) in [6.45, 7) is 0. The number of hydrogen-bond acceptors (Lipinski definition) is 2. The molecule has 0 aliphatic carbocycles. The third kappa shape index (κ3) is 3.40. The van der Waals surface area contributed by atoms with Gasteiger partial charge >= 0.3 is 0 Å². The second-order valence-corrected chi connectivity index (χ2v) is 12.6. The van der Waals surface area contributed by atoms with Crippen molar-refractivity contribution in [3.8, 4) is 27.9 Å². The fourth-order valence-electron chi connectivity index (χ4n) is 6.41. The molecule has 0 N–H and O–H groups in total. The summed E-state index contributed by atoms with van der Waals surface area (Å²) in [5.74, 6) is 0. The van der Waals surface area contributed by atoms with Gasteiger partial charge in [-0.05, 0) is 52.6 Å². The Labute approximate surface area is 245 Å². The summed E-state index contributed by atoms with van der Waals surface area (Å²) >= 11 is 3.79. The van der Waals surface area contributed by atoms with Gasteiger partial charge in [0.15, 0.2) is 0 Å². The molecule has 0 aliphatic heterocycles. The van der Waals surface area contributed by atoms with Gasteiger partial charge in [-0.2, -0.15) is 0 Å². The second-order valence-electron chi connectivity index (χ2n) is 10.5. The van der Waals surface area contributed by atoms with Crippen molar-refractivity contribution in [3.05, 3.63) is 140 Å². The highest BCUT2D eigenvalue weighted by Crippen LogP contribution is 2.46. The Hall–Kier alpha value is -4.70. The molecule has 0 bridgehead atoms. The molecule has 0 saturated carbocycles. The molecule has 3 heteroatoms. The van der Waals surface area contributed by atoms with E-state index < -0.39 is 0 Å². The number of hydrogen-bond donors (Lipinski definition) is 0. The van der Waals surface area contributed by atoms with Crippen LogP contribution in [0.2, 0.25) is 0 Å². The van der Waals surface area contributed by atoms with Crippen LogP contribution in [0.3, 0.4) is 0 Å². The van der Waals surface area contributed by atoms with Gasteiger partial charge in [0.05, 0.1) is 15.7 Å². The van der Waals surface area contributed by atoms with Gasteiger partial charge in [0.2, 0.25) is 0 Å². The van der Waals surface area contributed by atoms with E-state index in [0.717, 1.165) is 0 Å². The number of fused-ring (bicyclic) bond motifs is 8. The first-order chi connectivity index (χ1) is 20.3. The third-order valence-electron chi connectivity index (χ3n) is 8.23. The van der Waals surface area contributed by atoms with Crippen LogP contribution in [0.1, 0.15) is 0 Å². The summed E-state index contributed by atoms with van der Waals surface area (Å²) in [7, 11) is 0. The first kappa shape index (κ1) is 23.0. The molecular formula is C38H23NS2. The fourth-order valence-corrected chi connectivity index (χ4v) is 8.90. The molecule has 0 amide bonds. The third-order valence-corrected chi connectivity index (χ3v) is 10.6. The van der Waals surface area contributed by atoms with Crippen molar-refractivity contribution in [1.29, 1.82) is 0 Å². The summed E-state index contributed by atoms with van der Waals surface area (Å²) in [5, 5.41) is 5.32. The average molecular weight is 558 g/mol. The van der Waals surface area contributed by atoms with Gasteiger partial charge < -0.3 is 4.57 Å². The Balaban J connectivity index is 1.23. The maximum atomic E-state index is 2.43. The van der Waals surface area contributed by atoms with Crippen LogP contribution >= 0.6 is 22.7 Å².